The van der Waals surface area contributed by atoms with E-state index in [1.807, 2.05) is 24.3 Å². The van der Waals surface area contributed by atoms with Crippen LogP contribution in [0.25, 0.3) is 11.0 Å². The van der Waals surface area contributed by atoms with Gasteiger partial charge in [-0.2, -0.15) is 4.31 Å². The number of nitrogens with one attached hydrogen (secondary N) is 2. The van der Waals surface area contributed by atoms with Crippen molar-refractivity contribution in [2.45, 2.75) is 43.0 Å². The van der Waals surface area contributed by atoms with Crippen molar-refractivity contribution in [3.8, 4) is 0 Å². The van der Waals surface area contributed by atoms with Gasteiger partial charge in [0.05, 0.1) is 21.2 Å². The number of hydrogen-bond acceptors (Lipinski definition) is 5. The van der Waals surface area contributed by atoms with Gasteiger partial charge in [-0.25, -0.2) is 13.4 Å². The first-order chi connectivity index (χ1) is 14.3. The second-order valence-electron chi connectivity index (χ2n) is 6.88. The van der Waals surface area contributed by atoms with Gasteiger partial charge in [-0.05, 0) is 43.7 Å². The minimum absolute atomic E-state index is 0.210. The number of nitrogens with zero attached hydrogens (tertiary/aromatic N) is 2. The van der Waals surface area contributed by atoms with Crippen LogP contribution in [0.4, 0.5) is 5.69 Å². The molecule has 9 heteroatoms. The molecule has 1 amide bonds. The molecule has 0 radical (unpaired) electrons. The number of thioether (sulfide) groups is 1. The van der Waals surface area contributed by atoms with Crippen LogP contribution in [0.5, 0.6) is 0 Å². The highest BCUT2D eigenvalue weighted by molar-refractivity contribution is 8.00. The Kier molecular flexibility index (Phi) is 6.84. The third-order valence-corrected chi connectivity index (χ3v) is 7.98. The molecule has 0 aliphatic carbocycles. The number of imidazole rings is 1. The van der Waals surface area contributed by atoms with Gasteiger partial charge >= 0.3 is 0 Å². The van der Waals surface area contributed by atoms with Crippen LogP contribution >= 0.6 is 11.8 Å². The number of fused-ring (bicyclic) bond motifs is 1. The molecular weight excluding hydrogens is 420 g/mol. The lowest BCUT2D eigenvalue weighted by Crippen LogP contribution is -2.31. The third-order valence-electron chi connectivity index (χ3n) is 4.80. The van der Waals surface area contributed by atoms with E-state index >= 15 is 0 Å². The molecule has 7 nitrogen and oxygen atoms in total. The van der Waals surface area contributed by atoms with Crippen molar-refractivity contribution < 1.29 is 13.2 Å². The number of aryl methyl sites for hydroxylation is 1. The Morgan fingerprint density at radius 2 is 1.90 bits per heavy atom. The summed E-state index contributed by atoms with van der Waals surface area (Å²) in [6.07, 6.45) is 0. The van der Waals surface area contributed by atoms with Gasteiger partial charge in [0, 0.05) is 18.8 Å². The smallest absolute Gasteiger partial charge is 0.243 e. The highest BCUT2D eigenvalue weighted by Gasteiger charge is 2.24. The average molecular weight is 447 g/mol. The van der Waals surface area contributed by atoms with Gasteiger partial charge in [-0.3, -0.25) is 4.79 Å². The van der Waals surface area contributed by atoms with Crippen LogP contribution in [-0.2, 0) is 14.8 Å². The summed E-state index contributed by atoms with van der Waals surface area (Å²) in [7, 11) is -3.61. The van der Waals surface area contributed by atoms with Crippen LogP contribution in [-0.4, -0.2) is 46.9 Å². The molecule has 3 aromatic rings. The number of carbonyl (C=O) groups excluding carboxylic acids is 1. The van der Waals surface area contributed by atoms with Gasteiger partial charge in [0.1, 0.15) is 0 Å². The third kappa shape index (κ3) is 4.69. The Balaban J connectivity index is 1.76. The number of rotatable bonds is 8. The lowest BCUT2D eigenvalue weighted by Gasteiger charge is -2.20. The second kappa shape index (κ2) is 9.20. The van der Waals surface area contributed by atoms with Crippen molar-refractivity contribution in [2.75, 3.05) is 18.4 Å². The predicted octanol–water partition coefficient (Wildman–Crippen LogP) is 4.02. The van der Waals surface area contributed by atoms with E-state index in [1.165, 1.54) is 22.1 Å². The maximum atomic E-state index is 12.9. The van der Waals surface area contributed by atoms with E-state index in [0.29, 0.717) is 29.5 Å². The fourth-order valence-corrected chi connectivity index (χ4v) is 5.64. The lowest BCUT2D eigenvalue weighted by atomic mass is 10.2. The molecule has 0 aliphatic rings. The van der Waals surface area contributed by atoms with E-state index in [4.69, 9.17) is 0 Å². The number of H-pyrrole nitrogens is 1. The largest absolute Gasteiger partial charge is 0.333 e. The van der Waals surface area contributed by atoms with Gasteiger partial charge in [0.25, 0.3) is 0 Å². The fourth-order valence-electron chi connectivity index (χ4n) is 3.11. The number of sulfonamides is 1. The van der Waals surface area contributed by atoms with Crippen LogP contribution < -0.4 is 5.32 Å². The molecule has 3 rings (SSSR count). The number of amides is 1. The average Bonchev–Trinajstić information content (AvgIpc) is 3.12. The van der Waals surface area contributed by atoms with E-state index in [1.54, 1.807) is 39.8 Å². The minimum atomic E-state index is -3.61. The van der Waals surface area contributed by atoms with E-state index in [0.717, 1.165) is 11.0 Å². The van der Waals surface area contributed by atoms with Crippen molar-refractivity contribution in [1.29, 1.82) is 0 Å². The molecular formula is C21H26N4O3S2. The number of aromatic amines is 1. The van der Waals surface area contributed by atoms with Crippen molar-refractivity contribution in [2.24, 2.45) is 0 Å². The zero-order chi connectivity index (χ0) is 21.9. The molecule has 0 fully saturated rings. The molecule has 0 saturated heterocycles. The van der Waals surface area contributed by atoms with Crippen molar-refractivity contribution in [3.05, 3.63) is 48.0 Å². The summed E-state index contributed by atoms with van der Waals surface area (Å²) in [5.41, 5.74) is 2.85. The molecule has 2 aromatic carbocycles. The summed E-state index contributed by atoms with van der Waals surface area (Å²) in [6, 6.07) is 12.6. The maximum Gasteiger partial charge on any atom is 0.243 e. The molecule has 160 valence electrons. The maximum absolute atomic E-state index is 12.9. The van der Waals surface area contributed by atoms with Gasteiger partial charge < -0.3 is 10.3 Å². The van der Waals surface area contributed by atoms with E-state index in [9.17, 15) is 13.2 Å². The highest BCUT2D eigenvalue weighted by atomic mass is 32.2. The molecule has 1 unspecified atom stereocenters. The number of aromatic nitrogens is 2. The van der Waals surface area contributed by atoms with Crippen molar-refractivity contribution in [3.63, 3.8) is 0 Å². The number of para-hydroxylation sites is 2. The van der Waals surface area contributed by atoms with E-state index in [-0.39, 0.29) is 10.8 Å². The summed E-state index contributed by atoms with van der Waals surface area (Å²) in [6.45, 7) is 7.93. The topological polar surface area (TPSA) is 95.2 Å². The molecule has 2 N–H and O–H groups in total. The van der Waals surface area contributed by atoms with Gasteiger partial charge in [-0.15, -0.1) is 0 Å². The SMILES string of the molecule is CCN(CC)S(=O)(=O)c1cc(NC(=O)C(C)Sc2nc3ccccc3[nH]2)ccc1C. The Labute approximate surface area is 181 Å². The summed E-state index contributed by atoms with van der Waals surface area (Å²) >= 11 is 1.32. The summed E-state index contributed by atoms with van der Waals surface area (Å²) < 4.78 is 27.2. The molecule has 30 heavy (non-hydrogen) atoms. The van der Waals surface area contributed by atoms with Crippen LogP contribution in [0, 0.1) is 6.92 Å². The monoisotopic (exact) mass is 446 g/mol. The van der Waals surface area contributed by atoms with Crippen LogP contribution in [0.15, 0.2) is 52.5 Å². The Morgan fingerprint density at radius 1 is 1.20 bits per heavy atom. The molecule has 0 aliphatic heterocycles. The standard InChI is InChI=1S/C21H26N4O3S2/c1-5-25(6-2)30(27,28)19-13-16(12-11-14(19)3)22-20(26)15(4)29-21-23-17-9-7-8-10-18(17)24-21/h7-13,15H,5-6H2,1-4H3,(H,22,26)(H,23,24). The van der Waals surface area contributed by atoms with Gasteiger partial charge in [0.2, 0.25) is 15.9 Å². The Hall–Kier alpha value is -2.36. The van der Waals surface area contributed by atoms with Crippen LogP contribution in [0.1, 0.15) is 26.3 Å². The first-order valence-electron chi connectivity index (χ1n) is 9.79. The number of hydrogen-bond donors (Lipinski definition) is 2. The summed E-state index contributed by atoms with van der Waals surface area (Å²) in [5, 5.41) is 3.06. The number of anilines is 1. The molecule has 1 heterocycles. The lowest BCUT2D eigenvalue weighted by molar-refractivity contribution is -0.115. The second-order valence-corrected chi connectivity index (χ2v) is 10.1. The molecule has 0 saturated carbocycles. The minimum Gasteiger partial charge on any atom is -0.333 e. The van der Waals surface area contributed by atoms with Crippen LogP contribution in [0.3, 0.4) is 0 Å². The van der Waals surface area contributed by atoms with Gasteiger partial charge in [0.15, 0.2) is 5.16 Å². The highest BCUT2D eigenvalue weighted by Crippen LogP contribution is 2.26. The number of benzene rings is 2. The molecule has 0 bridgehead atoms. The van der Waals surface area contributed by atoms with Crippen molar-refractivity contribution >= 4 is 44.4 Å². The first kappa shape index (κ1) is 22.3. The molecule has 1 aromatic heterocycles. The normalized spacial score (nSPS) is 13.0. The predicted molar refractivity (Wildman–Crippen MR) is 121 cm³/mol. The van der Waals surface area contributed by atoms with Gasteiger partial charge in [-0.1, -0.05) is 43.8 Å². The Morgan fingerprint density at radius 3 is 2.57 bits per heavy atom. The van der Waals surface area contributed by atoms with E-state index in [2.05, 4.69) is 15.3 Å². The zero-order valence-corrected chi connectivity index (χ0v) is 19.1. The van der Waals surface area contributed by atoms with Crippen molar-refractivity contribution in [1.82, 2.24) is 14.3 Å². The summed E-state index contributed by atoms with van der Waals surface area (Å²) in [4.78, 5) is 20.6. The fraction of sp³-hybridized carbons (Fsp3) is 0.333. The first-order valence-corrected chi connectivity index (χ1v) is 12.1. The van der Waals surface area contributed by atoms with Crippen LogP contribution in [0.2, 0.25) is 0 Å². The summed E-state index contributed by atoms with van der Waals surface area (Å²) in [5.74, 6) is -0.226. The van der Waals surface area contributed by atoms with E-state index < -0.39 is 15.3 Å². The quantitative estimate of drug-likeness (QED) is 0.510. The molecule has 1 atom stereocenters. The molecule has 0 spiro atoms. The number of carbonyl (C=O) groups is 1. The Bertz CT molecular complexity index is 1120. The zero-order valence-electron chi connectivity index (χ0n) is 17.5.